The van der Waals surface area contributed by atoms with Crippen molar-refractivity contribution in [2.75, 3.05) is 5.32 Å². The van der Waals surface area contributed by atoms with Gasteiger partial charge in [0, 0.05) is 53.0 Å². The highest BCUT2D eigenvalue weighted by Crippen LogP contribution is 2.52. The van der Waals surface area contributed by atoms with E-state index >= 15 is 0 Å². The molecule has 10 aromatic rings. The van der Waals surface area contributed by atoms with Gasteiger partial charge in [0.05, 0.1) is 43.6 Å². The second-order valence-electron chi connectivity index (χ2n) is 12.7. The molecule has 1 N–H and O–H groups in total. The van der Waals surface area contributed by atoms with Crippen molar-refractivity contribution in [3.63, 3.8) is 0 Å². The third-order valence-corrected chi connectivity index (χ3v) is 12.5. The molecule has 1 atom stereocenters. The summed E-state index contributed by atoms with van der Waals surface area (Å²) in [5.74, 6) is 0. The molecule has 1 aliphatic heterocycles. The SMILES string of the molecule is C1=CC(c2ccccc2)Nc2ccc(-c3ccc(-n4c5ccccc5c5c6c7ccccc7sc6c6sc7ccccc7c6c54)cc3)nc21. The molecule has 0 amide bonds. The Morgan fingerprint density at radius 3 is 2.00 bits per heavy atom. The van der Waals surface area contributed by atoms with Crippen LogP contribution in [0.3, 0.4) is 0 Å². The van der Waals surface area contributed by atoms with E-state index in [0.717, 1.165) is 28.3 Å². The van der Waals surface area contributed by atoms with Gasteiger partial charge < -0.3 is 9.88 Å². The number of aromatic nitrogens is 2. The molecule has 5 heterocycles. The molecular formula is C44H27N3S2. The van der Waals surface area contributed by atoms with E-state index in [2.05, 4.69) is 162 Å². The fraction of sp³-hybridized carbons (Fsp3) is 0.0227. The number of hydrogen-bond donors (Lipinski definition) is 1. The van der Waals surface area contributed by atoms with Gasteiger partial charge in [-0.1, -0.05) is 103 Å². The fourth-order valence-electron chi connectivity index (χ4n) is 7.82. The first-order valence-corrected chi connectivity index (χ1v) is 18.2. The van der Waals surface area contributed by atoms with Gasteiger partial charge in [0.25, 0.3) is 0 Å². The van der Waals surface area contributed by atoms with Gasteiger partial charge in [-0.25, -0.2) is 4.98 Å². The van der Waals surface area contributed by atoms with Crippen molar-refractivity contribution in [1.29, 1.82) is 0 Å². The molecule has 0 aliphatic carbocycles. The fourth-order valence-corrected chi connectivity index (χ4v) is 10.4. The van der Waals surface area contributed by atoms with Crippen LogP contribution in [0.1, 0.15) is 17.3 Å². The summed E-state index contributed by atoms with van der Waals surface area (Å²) in [6.07, 6.45) is 4.34. The van der Waals surface area contributed by atoms with E-state index < -0.39 is 0 Å². The Bertz CT molecular complexity index is 2960. The zero-order valence-electron chi connectivity index (χ0n) is 26.2. The Morgan fingerprint density at radius 2 is 1.22 bits per heavy atom. The number of benzene rings is 6. The Morgan fingerprint density at radius 1 is 0.571 bits per heavy atom. The van der Waals surface area contributed by atoms with Gasteiger partial charge in [-0.15, -0.1) is 22.7 Å². The third kappa shape index (κ3) is 3.97. The Labute approximate surface area is 290 Å². The van der Waals surface area contributed by atoms with Crippen molar-refractivity contribution < 1.29 is 0 Å². The topological polar surface area (TPSA) is 29.9 Å². The molecule has 11 rings (SSSR count). The molecule has 1 aliphatic rings. The number of hydrogen-bond acceptors (Lipinski definition) is 4. The van der Waals surface area contributed by atoms with Crippen molar-refractivity contribution in [2.45, 2.75) is 6.04 Å². The molecule has 0 spiro atoms. The Hall–Kier alpha value is -5.75. The molecule has 49 heavy (non-hydrogen) atoms. The lowest BCUT2D eigenvalue weighted by molar-refractivity contribution is 0.971. The number of nitrogens with one attached hydrogen (secondary N) is 1. The number of rotatable bonds is 3. The third-order valence-electron chi connectivity index (χ3n) is 10.0. The van der Waals surface area contributed by atoms with E-state index in [1.165, 1.54) is 67.7 Å². The molecule has 230 valence electrons. The molecule has 6 aromatic carbocycles. The quantitative estimate of drug-likeness (QED) is 0.204. The van der Waals surface area contributed by atoms with Crippen LogP contribution in [0, 0.1) is 0 Å². The minimum Gasteiger partial charge on any atom is -0.373 e. The largest absolute Gasteiger partial charge is 0.373 e. The van der Waals surface area contributed by atoms with Crippen LogP contribution in [-0.4, -0.2) is 9.55 Å². The lowest BCUT2D eigenvalue weighted by atomic mass is 10.0. The van der Waals surface area contributed by atoms with Crippen molar-refractivity contribution >= 4 is 96.6 Å². The normalized spacial score (nSPS) is 14.4. The smallest absolute Gasteiger partial charge is 0.0866 e. The first kappa shape index (κ1) is 27.2. The maximum atomic E-state index is 5.08. The molecule has 0 fully saturated rings. The number of thiophene rings is 2. The highest BCUT2D eigenvalue weighted by Gasteiger charge is 2.24. The lowest BCUT2D eigenvalue weighted by Crippen LogP contribution is -2.13. The second kappa shape index (κ2) is 10.4. The molecule has 3 nitrogen and oxygen atoms in total. The van der Waals surface area contributed by atoms with Gasteiger partial charge in [-0.3, -0.25) is 0 Å². The predicted molar refractivity (Wildman–Crippen MR) is 212 cm³/mol. The van der Waals surface area contributed by atoms with Crippen molar-refractivity contribution in [2.24, 2.45) is 0 Å². The highest BCUT2D eigenvalue weighted by atomic mass is 32.1. The molecule has 0 radical (unpaired) electrons. The summed E-state index contributed by atoms with van der Waals surface area (Å²) in [7, 11) is 0. The number of para-hydroxylation sites is 1. The number of anilines is 1. The molecule has 4 aromatic heterocycles. The molecule has 0 bridgehead atoms. The minimum absolute atomic E-state index is 0.145. The van der Waals surface area contributed by atoms with Crippen LogP contribution in [0.2, 0.25) is 0 Å². The Balaban J connectivity index is 1.11. The van der Waals surface area contributed by atoms with Crippen molar-refractivity contribution in [3.8, 4) is 16.9 Å². The van der Waals surface area contributed by atoms with Crippen LogP contribution in [0.4, 0.5) is 5.69 Å². The van der Waals surface area contributed by atoms with Gasteiger partial charge in [0.1, 0.15) is 0 Å². The summed E-state index contributed by atoms with van der Waals surface area (Å²) in [5, 5.41) is 11.7. The van der Waals surface area contributed by atoms with Crippen LogP contribution in [0.15, 0.2) is 146 Å². The molecule has 1 unspecified atom stereocenters. The van der Waals surface area contributed by atoms with Crippen molar-refractivity contribution in [3.05, 3.63) is 157 Å². The van der Waals surface area contributed by atoms with E-state index in [4.69, 9.17) is 4.98 Å². The van der Waals surface area contributed by atoms with Crippen LogP contribution in [-0.2, 0) is 0 Å². The lowest BCUT2D eigenvalue weighted by Gasteiger charge is -2.22. The van der Waals surface area contributed by atoms with E-state index in [-0.39, 0.29) is 6.04 Å². The summed E-state index contributed by atoms with van der Waals surface area (Å²) in [6.45, 7) is 0. The summed E-state index contributed by atoms with van der Waals surface area (Å²) in [4.78, 5) is 5.08. The Kier molecular flexibility index (Phi) is 5.76. The maximum Gasteiger partial charge on any atom is 0.0866 e. The average molecular weight is 662 g/mol. The summed E-state index contributed by atoms with van der Waals surface area (Å²) in [5.41, 5.74) is 8.99. The van der Waals surface area contributed by atoms with Gasteiger partial charge >= 0.3 is 0 Å². The minimum atomic E-state index is 0.145. The summed E-state index contributed by atoms with van der Waals surface area (Å²) >= 11 is 3.85. The first-order valence-electron chi connectivity index (χ1n) is 16.6. The summed E-state index contributed by atoms with van der Waals surface area (Å²) in [6, 6.07) is 50.7. The molecule has 5 heteroatoms. The van der Waals surface area contributed by atoms with E-state index in [1.54, 1.807) is 0 Å². The van der Waals surface area contributed by atoms with E-state index in [9.17, 15) is 0 Å². The number of pyridine rings is 1. The number of nitrogens with zero attached hydrogens (tertiary/aromatic N) is 2. The zero-order valence-corrected chi connectivity index (χ0v) is 27.9. The highest BCUT2D eigenvalue weighted by molar-refractivity contribution is 7.33. The molecule has 0 saturated carbocycles. The maximum absolute atomic E-state index is 5.08. The predicted octanol–water partition coefficient (Wildman–Crippen LogP) is 12.8. The van der Waals surface area contributed by atoms with Gasteiger partial charge in [0.15, 0.2) is 0 Å². The van der Waals surface area contributed by atoms with E-state index in [1.807, 2.05) is 22.7 Å². The van der Waals surface area contributed by atoms with Crippen LogP contribution >= 0.6 is 22.7 Å². The van der Waals surface area contributed by atoms with E-state index in [0.29, 0.717) is 0 Å². The molecular weight excluding hydrogens is 635 g/mol. The van der Waals surface area contributed by atoms with Gasteiger partial charge in [0.2, 0.25) is 0 Å². The average Bonchev–Trinajstić information content (AvgIpc) is 3.85. The van der Waals surface area contributed by atoms with Gasteiger partial charge in [-0.2, -0.15) is 0 Å². The van der Waals surface area contributed by atoms with Gasteiger partial charge in [-0.05, 0) is 54.1 Å². The molecule has 0 saturated heterocycles. The standard InChI is InChI=1S/C44H27N3S2/c1-2-10-26(11-3-1)32-22-24-35-34(45-32)25-23-33(46-35)27-18-20-28(21-19-27)47-36-15-7-4-12-29(36)39-40-30-13-5-8-16-37(30)48-43(40)44-41(42(39)47)31-14-6-9-17-38(31)49-44/h1-25,32,45H. The second-order valence-corrected chi connectivity index (χ2v) is 14.9. The zero-order chi connectivity index (χ0) is 32.1. The number of fused-ring (bicyclic) bond motifs is 13. The monoisotopic (exact) mass is 661 g/mol. The van der Waals surface area contributed by atoms with Crippen LogP contribution < -0.4 is 5.32 Å². The first-order chi connectivity index (χ1) is 24.3. The van der Waals surface area contributed by atoms with Crippen molar-refractivity contribution in [1.82, 2.24) is 9.55 Å². The summed E-state index contributed by atoms with van der Waals surface area (Å²) < 4.78 is 7.93. The van der Waals surface area contributed by atoms with Crippen LogP contribution in [0.25, 0.3) is 85.2 Å². The van der Waals surface area contributed by atoms with Crippen LogP contribution in [0.5, 0.6) is 0 Å².